The number of hydrogen-bond donors (Lipinski definition) is 0. The van der Waals surface area contributed by atoms with Crippen LogP contribution in [-0.4, -0.2) is 0 Å². The van der Waals surface area contributed by atoms with E-state index in [1.807, 2.05) is 11.3 Å². The predicted octanol–water partition coefficient (Wildman–Crippen LogP) is 18.8. The van der Waals surface area contributed by atoms with E-state index in [0.717, 1.165) is 44.6 Å². The third-order valence-electron chi connectivity index (χ3n) is 14.6. The molecule has 3 heteroatoms. The fraction of sp³-hybridized carbons (Fsp3) is 0.0149. The molecule has 0 spiro atoms. The predicted molar refractivity (Wildman–Crippen MR) is 295 cm³/mol. The summed E-state index contributed by atoms with van der Waals surface area (Å²) in [6.07, 6.45) is 0. The Balaban J connectivity index is 1.01. The Morgan fingerprint density at radius 3 is 1.71 bits per heavy atom. The summed E-state index contributed by atoms with van der Waals surface area (Å²) in [6, 6.07) is 95.5. The summed E-state index contributed by atoms with van der Waals surface area (Å²) in [6.45, 7) is 0. The largest absolute Gasteiger partial charge is 0.456 e. The van der Waals surface area contributed by atoms with Crippen LogP contribution in [0, 0.1) is 0 Å². The molecule has 14 rings (SSSR count). The standard InChI is InChI=1S/C67H43NOS/c1-5-18-44(19-6-1)47-34-40-60-55(42-47)66-59(31-17-32-61(66)69-60)68(51-39-41-62-56(43-51)65-53(28-16-33-63(65)70-62)46-22-9-3-10-23-46)50-37-35-49(36-38-50)67(48-24-11-4-12-25-48)57-29-14-13-26-54(57)64-52(27-15-30-58(64)67)45-20-7-2-8-21-45/h1-43H. The molecule has 2 heterocycles. The van der Waals surface area contributed by atoms with Crippen LogP contribution in [0.1, 0.15) is 22.3 Å². The van der Waals surface area contributed by atoms with Crippen molar-refractivity contribution in [2.24, 2.45) is 0 Å². The molecule has 328 valence electrons. The van der Waals surface area contributed by atoms with Gasteiger partial charge in [0.2, 0.25) is 0 Å². The minimum absolute atomic E-state index is 0.571. The van der Waals surface area contributed by atoms with Gasteiger partial charge < -0.3 is 9.32 Å². The van der Waals surface area contributed by atoms with Crippen LogP contribution in [0.3, 0.4) is 0 Å². The van der Waals surface area contributed by atoms with Crippen molar-refractivity contribution in [3.05, 3.63) is 283 Å². The van der Waals surface area contributed by atoms with E-state index in [-0.39, 0.29) is 0 Å². The number of furan rings is 1. The lowest BCUT2D eigenvalue weighted by Gasteiger charge is -2.34. The molecular weight excluding hydrogens is 867 g/mol. The monoisotopic (exact) mass is 909 g/mol. The quantitative estimate of drug-likeness (QED) is 0.151. The number of anilines is 3. The summed E-state index contributed by atoms with van der Waals surface area (Å²) >= 11 is 1.86. The maximum absolute atomic E-state index is 6.72. The van der Waals surface area contributed by atoms with Crippen molar-refractivity contribution < 1.29 is 4.42 Å². The Morgan fingerprint density at radius 1 is 0.343 bits per heavy atom. The summed E-state index contributed by atoms with van der Waals surface area (Å²) in [7, 11) is 0. The first-order valence-corrected chi connectivity index (χ1v) is 24.8. The highest BCUT2D eigenvalue weighted by molar-refractivity contribution is 7.26. The van der Waals surface area contributed by atoms with Crippen molar-refractivity contribution in [3.63, 3.8) is 0 Å². The Kier molecular flexibility index (Phi) is 9.33. The van der Waals surface area contributed by atoms with Gasteiger partial charge in [0.15, 0.2) is 0 Å². The number of hydrogen-bond acceptors (Lipinski definition) is 3. The fourth-order valence-corrected chi connectivity index (χ4v) is 12.7. The van der Waals surface area contributed by atoms with E-state index in [9.17, 15) is 0 Å². The number of rotatable bonds is 8. The summed E-state index contributed by atoms with van der Waals surface area (Å²) in [5, 5.41) is 4.68. The molecule has 0 saturated heterocycles. The third-order valence-corrected chi connectivity index (χ3v) is 15.7. The molecule has 1 unspecified atom stereocenters. The smallest absolute Gasteiger partial charge is 0.137 e. The molecule has 1 atom stereocenters. The minimum atomic E-state index is -0.571. The second kappa shape index (κ2) is 16.2. The van der Waals surface area contributed by atoms with E-state index in [2.05, 4.69) is 266 Å². The van der Waals surface area contributed by atoms with Gasteiger partial charge in [-0.15, -0.1) is 11.3 Å². The van der Waals surface area contributed by atoms with E-state index < -0.39 is 5.41 Å². The molecule has 1 aliphatic carbocycles. The highest BCUT2D eigenvalue weighted by Crippen LogP contribution is 2.59. The van der Waals surface area contributed by atoms with Crippen molar-refractivity contribution in [2.45, 2.75) is 5.41 Å². The molecule has 0 saturated carbocycles. The molecule has 0 fully saturated rings. The molecule has 0 aliphatic heterocycles. The highest BCUT2D eigenvalue weighted by Gasteiger charge is 2.47. The summed E-state index contributed by atoms with van der Waals surface area (Å²) in [5.41, 5.74) is 19.2. The van der Waals surface area contributed by atoms with Crippen LogP contribution in [0.15, 0.2) is 265 Å². The topological polar surface area (TPSA) is 16.4 Å². The van der Waals surface area contributed by atoms with Gasteiger partial charge in [0.05, 0.1) is 16.5 Å². The van der Waals surface area contributed by atoms with Gasteiger partial charge >= 0.3 is 0 Å². The number of benzene rings is 11. The molecule has 11 aromatic carbocycles. The second-order valence-electron chi connectivity index (χ2n) is 18.3. The Labute approximate surface area is 410 Å². The zero-order valence-corrected chi connectivity index (χ0v) is 38.9. The zero-order valence-electron chi connectivity index (χ0n) is 38.1. The molecule has 0 amide bonds. The van der Waals surface area contributed by atoms with Crippen LogP contribution >= 0.6 is 11.3 Å². The van der Waals surface area contributed by atoms with Gasteiger partial charge in [0, 0.05) is 36.9 Å². The molecule has 70 heavy (non-hydrogen) atoms. The SMILES string of the molecule is c1ccc(-c2ccc3oc4cccc(N(c5ccc(C6(c7ccccc7)c7ccccc7-c7c(-c8ccccc8)cccc76)cc5)c5ccc6sc7cccc(-c8ccccc8)c7c6c5)c4c3c2)cc1. The van der Waals surface area contributed by atoms with Crippen molar-refractivity contribution in [3.8, 4) is 44.5 Å². The molecule has 0 radical (unpaired) electrons. The van der Waals surface area contributed by atoms with E-state index in [1.165, 1.54) is 81.4 Å². The Hall–Kier alpha value is -8.76. The molecule has 2 nitrogen and oxygen atoms in total. The van der Waals surface area contributed by atoms with Gasteiger partial charge in [-0.2, -0.15) is 0 Å². The molecule has 1 aliphatic rings. The number of fused-ring (bicyclic) bond motifs is 9. The van der Waals surface area contributed by atoms with Gasteiger partial charge in [0.1, 0.15) is 11.2 Å². The van der Waals surface area contributed by atoms with Gasteiger partial charge in [-0.25, -0.2) is 0 Å². The molecular formula is C67H43NOS. The molecule has 13 aromatic rings. The van der Waals surface area contributed by atoms with Gasteiger partial charge in [-0.3, -0.25) is 0 Å². The van der Waals surface area contributed by atoms with Gasteiger partial charge in [0.25, 0.3) is 0 Å². The lowest BCUT2D eigenvalue weighted by molar-refractivity contribution is 0.669. The van der Waals surface area contributed by atoms with E-state index in [0.29, 0.717) is 0 Å². The summed E-state index contributed by atoms with van der Waals surface area (Å²) < 4.78 is 9.25. The summed E-state index contributed by atoms with van der Waals surface area (Å²) in [4.78, 5) is 2.45. The lowest BCUT2D eigenvalue weighted by atomic mass is 9.67. The highest BCUT2D eigenvalue weighted by atomic mass is 32.1. The van der Waals surface area contributed by atoms with Crippen LogP contribution < -0.4 is 4.90 Å². The average Bonchev–Trinajstić information content (AvgIpc) is 4.11. The van der Waals surface area contributed by atoms with Gasteiger partial charge in [-0.05, 0) is 127 Å². The molecule has 0 N–H and O–H groups in total. The molecule has 0 bridgehead atoms. The van der Waals surface area contributed by atoms with Crippen molar-refractivity contribution in [2.75, 3.05) is 4.90 Å². The van der Waals surface area contributed by atoms with Crippen LogP contribution in [0.5, 0.6) is 0 Å². The summed E-state index contributed by atoms with van der Waals surface area (Å²) in [5.74, 6) is 0. The normalized spacial score (nSPS) is 14.1. The van der Waals surface area contributed by atoms with Crippen LogP contribution in [0.25, 0.3) is 86.6 Å². The second-order valence-corrected chi connectivity index (χ2v) is 19.4. The Bertz CT molecular complexity index is 4100. The van der Waals surface area contributed by atoms with E-state index in [4.69, 9.17) is 4.42 Å². The van der Waals surface area contributed by atoms with Crippen molar-refractivity contribution >= 4 is 70.5 Å². The van der Waals surface area contributed by atoms with Gasteiger partial charge in [-0.1, -0.05) is 200 Å². The molecule has 2 aromatic heterocycles. The number of nitrogens with zero attached hydrogens (tertiary/aromatic N) is 1. The maximum Gasteiger partial charge on any atom is 0.137 e. The lowest BCUT2D eigenvalue weighted by Crippen LogP contribution is -2.28. The average molecular weight is 910 g/mol. The van der Waals surface area contributed by atoms with Crippen LogP contribution in [0.4, 0.5) is 17.1 Å². The Morgan fingerprint density at radius 2 is 0.943 bits per heavy atom. The first-order chi connectivity index (χ1) is 34.7. The zero-order chi connectivity index (χ0) is 46.2. The fourth-order valence-electron chi connectivity index (χ4n) is 11.6. The van der Waals surface area contributed by atoms with Crippen LogP contribution in [-0.2, 0) is 5.41 Å². The first-order valence-electron chi connectivity index (χ1n) is 24.0. The third kappa shape index (κ3) is 6.19. The van der Waals surface area contributed by atoms with Crippen LogP contribution in [0.2, 0.25) is 0 Å². The first kappa shape index (κ1) is 40.3. The van der Waals surface area contributed by atoms with Crippen molar-refractivity contribution in [1.29, 1.82) is 0 Å². The maximum atomic E-state index is 6.72. The van der Waals surface area contributed by atoms with E-state index in [1.54, 1.807) is 0 Å². The van der Waals surface area contributed by atoms with Crippen molar-refractivity contribution in [1.82, 2.24) is 0 Å². The number of thiophene rings is 1. The van der Waals surface area contributed by atoms with E-state index >= 15 is 0 Å². The minimum Gasteiger partial charge on any atom is -0.456 e.